The normalized spacial score (nSPS) is 18.9. The average Bonchev–Trinajstić information content (AvgIpc) is 2.58. The molecule has 28 heavy (non-hydrogen) atoms. The van der Waals surface area contributed by atoms with Gasteiger partial charge in [-0.05, 0) is 77.6 Å². The minimum atomic E-state index is -3.68. The summed E-state index contributed by atoms with van der Waals surface area (Å²) in [6.45, 7) is 10.5. The fraction of sp³-hybridized carbons (Fsp3) is 0.650. The molecule has 1 amide bonds. The number of carbonyl (C=O) groups is 1. The second-order valence-electron chi connectivity index (χ2n) is 8.55. The Morgan fingerprint density at radius 1 is 1.29 bits per heavy atom. The van der Waals surface area contributed by atoms with Crippen molar-refractivity contribution in [3.63, 3.8) is 0 Å². The molecule has 1 aromatic rings. The number of ether oxygens (including phenoxy) is 1. The SMILES string of the molecule is CC(C)N(CC1CCCN(S(=O)(=O)c2ccc(F)cc2)C1)C(=O)OC(C)(C)C. The maximum Gasteiger partial charge on any atom is 0.410 e. The van der Waals surface area contributed by atoms with Crippen LogP contribution in [0.4, 0.5) is 9.18 Å². The van der Waals surface area contributed by atoms with Crippen LogP contribution >= 0.6 is 0 Å². The Bertz CT molecular complexity index is 772. The second kappa shape index (κ2) is 8.78. The van der Waals surface area contributed by atoms with Crippen LogP contribution in [0.1, 0.15) is 47.5 Å². The third kappa shape index (κ3) is 5.91. The van der Waals surface area contributed by atoms with Crippen LogP contribution in [0.15, 0.2) is 29.2 Å². The Morgan fingerprint density at radius 3 is 2.43 bits per heavy atom. The Labute approximate surface area is 167 Å². The van der Waals surface area contributed by atoms with Gasteiger partial charge in [0.05, 0.1) is 4.90 Å². The van der Waals surface area contributed by atoms with Crippen molar-refractivity contribution in [2.75, 3.05) is 19.6 Å². The minimum Gasteiger partial charge on any atom is -0.444 e. The first-order valence-electron chi connectivity index (χ1n) is 9.65. The molecule has 2 rings (SSSR count). The summed E-state index contributed by atoms with van der Waals surface area (Å²) in [4.78, 5) is 14.3. The van der Waals surface area contributed by atoms with E-state index in [2.05, 4.69) is 0 Å². The quantitative estimate of drug-likeness (QED) is 0.734. The van der Waals surface area contributed by atoms with Crippen LogP contribution < -0.4 is 0 Å². The van der Waals surface area contributed by atoms with E-state index in [-0.39, 0.29) is 22.9 Å². The van der Waals surface area contributed by atoms with Crippen molar-refractivity contribution in [3.05, 3.63) is 30.1 Å². The van der Waals surface area contributed by atoms with Gasteiger partial charge in [-0.15, -0.1) is 0 Å². The van der Waals surface area contributed by atoms with Gasteiger partial charge in [0.1, 0.15) is 11.4 Å². The molecule has 0 radical (unpaired) electrons. The van der Waals surface area contributed by atoms with E-state index in [9.17, 15) is 17.6 Å². The standard InChI is InChI=1S/C20H31FN2O4S/c1-15(2)23(19(24)27-20(3,4)5)14-16-7-6-12-22(13-16)28(25,26)18-10-8-17(21)9-11-18/h8-11,15-16H,6-7,12-14H2,1-5H3. The molecule has 1 fully saturated rings. The summed E-state index contributed by atoms with van der Waals surface area (Å²) < 4.78 is 45.8. The Morgan fingerprint density at radius 2 is 1.89 bits per heavy atom. The predicted molar refractivity (Wildman–Crippen MR) is 106 cm³/mol. The van der Waals surface area contributed by atoms with Gasteiger partial charge in [-0.25, -0.2) is 17.6 Å². The van der Waals surface area contributed by atoms with Crippen molar-refractivity contribution in [2.45, 2.75) is 64.0 Å². The van der Waals surface area contributed by atoms with E-state index in [1.54, 1.807) is 4.90 Å². The Hall–Kier alpha value is -1.67. The third-order valence-electron chi connectivity index (χ3n) is 4.64. The lowest BCUT2D eigenvalue weighted by Crippen LogP contribution is -2.48. The van der Waals surface area contributed by atoms with Gasteiger partial charge in [0.2, 0.25) is 10.0 Å². The van der Waals surface area contributed by atoms with E-state index in [1.807, 2.05) is 34.6 Å². The fourth-order valence-corrected chi connectivity index (χ4v) is 4.80. The molecular weight excluding hydrogens is 383 g/mol. The summed E-state index contributed by atoms with van der Waals surface area (Å²) in [5, 5.41) is 0. The highest BCUT2D eigenvalue weighted by molar-refractivity contribution is 7.89. The molecule has 0 bridgehead atoms. The Kier molecular flexibility index (Phi) is 7.09. The van der Waals surface area contributed by atoms with Gasteiger partial charge in [0.25, 0.3) is 0 Å². The number of benzene rings is 1. The number of carbonyl (C=O) groups excluding carboxylic acids is 1. The maximum atomic E-state index is 13.1. The van der Waals surface area contributed by atoms with Gasteiger partial charge in [0, 0.05) is 25.7 Å². The molecule has 8 heteroatoms. The summed E-state index contributed by atoms with van der Waals surface area (Å²) in [5.74, 6) is -0.459. The molecule has 1 atom stereocenters. The fourth-order valence-electron chi connectivity index (χ4n) is 3.24. The van der Waals surface area contributed by atoms with Gasteiger partial charge in [-0.1, -0.05) is 0 Å². The third-order valence-corrected chi connectivity index (χ3v) is 6.52. The van der Waals surface area contributed by atoms with E-state index >= 15 is 0 Å². The lowest BCUT2D eigenvalue weighted by atomic mass is 9.98. The zero-order chi connectivity index (χ0) is 21.1. The lowest BCUT2D eigenvalue weighted by Gasteiger charge is -2.37. The molecule has 6 nitrogen and oxygen atoms in total. The minimum absolute atomic E-state index is 0.0129. The van der Waals surface area contributed by atoms with Gasteiger partial charge < -0.3 is 9.64 Å². The summed E-state index contributed by atoms with van der Waals surface area (Å²) in [7, 11) is -3.68. The highest BCUT2D eigenvalue weighted by Crippen LogP contribution is 2.25. The number of hydrogen-bond acceptors (Lipinski definition) is 4. The highest BCUT2D eigenvalue weighted by atomic mass is 32.2. The van der Waals surface area contributed by atoms with Crippen molar-refractivity contribution in [3.8, 4) is 0 Å². The molecule has 1 unspecified atom stereocenters. The number of hydrogen-bond donors (Lipinski definition) is 0. The molecular formula is C20H31FN2O4S. The zero-order valence-electron chi connectivity index (χ0n) is 17.3. The van der Waals surface area contributed by atoms with E-state index < -0.39 is 21.4 Å². The maximum absolute atomic E-state index is 13.1. The van der Waals surface area contributed by atoms with Gasteiger partial charge in [-0.3, -0.25) is 0 Å². The largest absolute Gasteiger partial charge is 0.444 e. The van der Waals surface area contributed by atoms with Crippen LogP contribution in [0.3, 0.4) is 0 Å². The molecule has 0 aromatic heterocycles. The molecule has 1 heterocycles. The van der Waals surface area contributed by atoms with E-state index in [1.165, 1.54) is 16.4 Å². The average molecular weight is 415 g/mol. The summed E-state index contributed by atoms with van der Waals surface area (Å²) in [6.07, 6.45) is 1.16. The molecule has 1 aliphatic heterocycles. The molecule has 158 valence electrons. The second-order valence-corrected chi connectivity index (χ2v) is 10.5. The number of nitrogens with zero attached hydrogens (tertiary/aromatic N) is 2. The number of sulfonamides is 1. The van der Waals surface area contributed by atoms with Crippen molar-refractivity contribution < 1.29 is 22.3 Å². The van der Waals surface area contributed by atoms with E-state index in [0.29, 0.717) is 26.1 Å². The summed E-state index contributed by atoms with van der Waals surface area (Å²) >= 11 is 0. The van der Waals surface area contributed by atoms with Crippen molar-refractivity contribution in [1.29, 1.82) is 0 Å². The van der Waals surface area contributed by atoms with E-state index in [4.69, 9.17) is 4.74 Å². The van der Waals surface area contributed by atoms with Crippen LogP contribution in [0, 0.1) is 11.7 Å². The molecule has 0 spiro atoms. The molecule has 0 aliphatic carbocycles. The molecule has 0 N–H and O–H groups in total. The molecule has 1 saturated heterocycles. The smallest absolute Gasteiger partial charge is 0.410 e. The number of halogens is 1. The number of amides is 1. The molecule has 0 saturated carbocycles. The van der Waals surface area contributed by atoms with Gasteiger partial charge in [-0.2, -0.15) is 4.31 Å². The monoisotopic (exact) mass is 414 g/mol. The summed E-state index contributed by atoms with van der Waals surface area (Å²) in [6, 6.07) is 4.82. The van der Waals surface area contributed by atoms with Crippen LogP contribution in [0.5, 0.6) is 0 Å². The zero-order valence-corrected chi connectivity index (χ0v) is 18.1. The van der Waals surface area contributed by atoms with Gasteiger partial charge in [0.15, 0.2) is 0 Å². The highest BCUT2D eigenvalue weighted by Gasteiger charge is 2.33. The Balaban J connectivity index is 2.11. The number of rotatable bonds is 5. The van der Waals surface area contributed by atoms with Crippen molar-refractivity contribution in [2.24, 2.45) is 5.92 Å². The van der Waals surface area contributed by atoms with Crippen molar-refractivity contribution in [1.82, 2.24) is 9.21 Å². The van der Waals surface area contributed by atoms with Crippen LogP contribution in [0.25, 0.3) is 0 Å². The first-order valence-corrected chi connectivity index (χ1v) is 11.1. The van der Waals surface area contributed by atoms with E-state index in [0.717, 1.165) is 18.6 Å². The van der Waals surface area contributed by atoms with Gasteiger partial charge >= 0.3 is 6.09 Å². The number of piperidine rings is 1. The van der Waals surface area contributed by atoms with Crippen molar-refractivity contribution >= 4 is 16.1 Å². The lowest BCUT2D eigenvalue weighted by molar-refractivity contribution is 0.0138. The first kappa shape index (κ1) is 22.6. The van der Waals surface area contributed by atoms with Crippen LogP contribution in [-0.4, -0.2) is 55.0 Å². The summed E-state index contributed by atoms with van der Waals surface area (Å²) in [5.41, 5.74) is -0.589. The first-order chi connectivity index (χ1) is 12.9. The van der Waals surface area contributed by atoms with Crippen LogP contribution in [0.2, 0.25) is 0 Å². The molecule has 1 aromatic carbocycles. The predicted octanol–water partition coefficient (Wildman–Crippen LogP) is 3.87. The molecule has 1 aliphatic rings. The topological polar surface area (TPSA) is 66.9 Å². The van der Waals surface area contributed by atoms with Crippen LogP contribution in [-0.2, 0) is 14.8 Å².